The molecule has 0 aliphatic rings. The van der Waals surface area contributed by atoms with E-state index in [1.165, 1.54) is 12.8 Å². The number of benzene rings is 1. The molecule has 17 heavy (non-hydrogen) atoms. The second kappa shape index (κ2) is 8.78. The number of nitrogens with one attached hydrogen (secondary N) is 1. The summed E-state index contributed by atoms with van der Waals surface area (Å²) in [4.78, 5) is 0. The third-order valence-electron chi connectivity index (χ3n) is 2.40. The highest BCUT2D eigenvalue weighted by Gasteiger charge is 2.01. The number of hydrogen-bond donors (Lipinski definition) is 1. The molecule has 0 saturated carbocycles. The van der Waals surface area contributed by atoms with Crippen molar-refractivity contribution in [1.29, 1.82) is 0 Å². The average molecular weight is 321 g/mol. The number of rotatable bonds is 8. The van der Waals surface area contributed by atoms with Gasteiger partial charge in [-0.05, 0) is 50.6 Å². The lowest BCUT2D eigenvalue weighted by atomic mass is 10.2. The first kappa shape index (κ1) is 14.8. The molecule has 0 unspecified atom stereocenters. The Balaban J connectivity index is 2.15. The quantitative estimate of drug-likeness (QED) is 0.723. The van der Waals surface area contributed by atoms with Crippen LogP contribution in [0.5, 0.6) is 5.75 Å². The highest BCUT2D eigenvalue weighted by Crippen LogP contribution is 2.27. The lowest BCUT2D eigenvalue weighted by Gasteiger charge is -2.08. The van der Waals surface area contributed by atoms with Gasteiger partial charge in [0, 0.05) is 4.47 Å². The van der Waals surface area contributed by atoms with E-state index in [9.17, 15) is 0 Å². The lowest BCUT2D eigenvalue weighted by Crippen LogP contribution is -2.14. The van der Waals surface area contributed by atoms with E-state index in [0.29, 0.717) is 5.02 Å². The van der Waals surface area contributed by atoms with Crippen molar-refractivity contribution < 1.29 is 4.74 Å². The third kappa shape index (κ3) is 6.29. The van der Waals surface area contributed by atoms with Crippen LogP contribution in [0.15, 0.2) is 22.7 Å². The van der Waals surface area contributed by atoms with Crippen molar-refractivity contribution in [2.45, 2.75) is 26.2 Å². The maximum Gasteiger partial charge on any atom is 0.139 e. The van der Waals surface area contributed by atoms with Gasteiger partial charge in [-0.1, -0.05) is 34.5 Å². The highest BCUT2D eigenvalue weighted by molar-refractivity contribution is 9.10. The van der Waals surface area contributed by atoms with Crippen molar-refractivity contribution in [1.82, 2.24) is 5.32 Å². The second-order valence-corrected chi connectivity index (χ2v) is 5.16. The van der Waals surface area contributed by atoms with Crippen LogP contribution in [0.4, 0.5) is 0 Å². The normalized spacial score (nSPS) is 10.5. The van der Waals surface area contributed by atoms with Crippen LogP contribution in [0, 0.1) is 0 Å². The molecule has 0 radical (unpaired) electrons. The van der Waals surface area contributed by atoms with E-state index in [2.05, 4.69) is 28.2 Å². The maximum atomic E-state index is 6.02. The van der Waals surface area contributed by atoms with Crippen LogP contribution in [0.1, 0.15) is 26.2 Å². The minimum absolute atomic E-state index is 0.667. The van der Waals surface area contributed by atoms with Gasteiger partial charge in [0.1, 0.15) is 5.75 Å². The molecule has 1 N–H and O–H groups in total. The molecule has 0 aliphatic carbocycles. The Kier molecular flexibility index (Phi) is 7.65. The molecule has 1 aromatic carbocycles. The topological polar surface area (TPSA) is 21.3 Å². The zero-order valence-electron chi connectivity index (χ0n) is 10.1. The van der Waals surface area contributed by atoms with Crippen LogP contribution in [0.2, 0.25) is 5.02 Å². The zero-order chi connectivity index (χ0) is 12.5. The van der Waals surface area contributed by atoms with Gasteiger partial charge in [0.25, 0.3) is 0 Å². The Morgan fingerprint density at radius 2 is 2.12 bits per heavy atom. The van der Waals surface area contributed by atoms with Crippen molar-refractivity contribution in [3.8, 4) is 5.75 Å². The van der Waals surface area contributed by atoms with Gasteiger partial charge in [0.05, 0.1) is 11.6 Å². The maximum absolute atomic E-state index is 6.02. The van der Waals surface area contributed by atoms with Gasteiger partial charge in [-0.2, -0.15) is 0 Å². The van der Waals surface area contributed by atoms with Crippen LogP contribution >= 0.6 is 27.5 Å². The van der Waals surface area contributed by atoms with Crippen LogP contribution in [-0.2, 0) is 0 Å². The van der Waals surface area contributed by atoms with Crippen LogP contribution in [0.3, 0.4) is 0 Å². The summed E-state index contributed by atoms with van der Waals surface area (Å²) >= 11 is 9.42. The third-order valence-corrected chi connectivity index (χ3v) is 3.20. The fraction of sp³-hybridized carbons (Fsp3) is 0.538. The molecule has 0 saturated heterocycles. The highest BCUT2D eigenvalue weighted by atomic mass is 79.9. The Bertz CT molecular complexity index is 333. The summed E-state index contributed by atoms with van der Waals surface area (Å²) in [5.74, 6) is 0.757. The molecule has 1 rings (SSSR count). The van der Waals surface area contributed by atoms with Gasteiger partial charge in [0.2, 0.25) is 0 Å². The van der Waals surface area contributed by atoms with Crippen molar-refractivity contribution in [3.05, 3.63) is 27.7 Å². The van der Waals surface area contributed by atoms with Gasteiger partial charge in [-0.25, -0.2) is 0 Å². The molecule has 2 nitrogen and oxygen atoms in total. The van der Waals surface area contributed by atoms with Crippen LogP contribution < -0.4 is 10.1 Å². The number of halogens is 2. The van der Waals surface area contributed by atoms with E-state index in [1.807, 2.05) is 18.2 Å². The lowest BCUT2D eigenvalue weighted by molar-refractivity contribution is 0.305. The molecule has 0 aromatic heterocycles. The van der Waals surface area contributed by atoms with Crippen molar-refractivity contribution in [2.75, 3.05) is 19.7 Å². The standard InChI is InChI=1S/C13H19BrClNO/c1-2-16-8-4-3-5-9-17-13-10-11(14)6-7-12(13)15/h6-7,10,16H,2-5,8-9H2,1H3. The molecule has 0 heterocycles. The monoisotopic (exact) mass is 319 g/mol. The largest absolute Gasteiger partial charge is 0.492 e. The summed E-state index contributed by atoms with van der Waals surface area (Å²) in [7, 11) is 0. The van der Waals surface area contributed by atoms with E-state index < -0.39 is 0 Å². The van der Waals surface area contributed by atoms with Crippen LogP contribution in [0.25, 0.3) is 0 Å². The fourth-order valence-corrected chi connectivity index (χ4v) is 1.99. The van der Waals surface area contributed by atoms with E-state index in [4.69, 9.17) is 16.3 Å². The summed E-state index contributed by atoms with van der Waals surface area (Å²) in [5, 5.41) is 3.97. The van der Waals surface area contributed by atoms with E-state index in [-0.39, 0.29) is 0 Å². The van der Waals surface area contributed by atoms with Crippen LogP contribution in [-0.4, -0.2) is 19.7 Å². The molecular formula is C13H19BrClNO. The molecule has 1 aromatic rings. The number of ether oxygens (including phenoxy) is 1. The van der Waals surface area contributed by atoms with Gasteiger partial charge >= 0.3 is 0 Å². The molecule has 0 bridgehead atoms. The Labute approximate surface area is 117 Å². The fourth-order valence-electron chi connectivity index (χ4n) is 1.48. The molecule has 0 aliphatic heterocycles. The summed E-state index contributed by atoms with van der Waals surface area (Å²) in [6, 6.07) is 5.65. The van der Waals surface area contributed by atoms with Gasteiger partial charge in [0.15, 0.2) is 0 Å². The Hall–Kier alpha value is -0.250. The first-order valence-corrected chi connectivity index (χ1v) is 7.19. The van der Waals surface area contributed by atoms with E-state index in [0.717, 1.165) is 36.3 Å². The predicted molar refractivity (Wildman–Crippen MR) is 77.0 cm³/mol. The molecular weight excluding hydrogens is 302 g/mol. The Morgan fingerprint density at radius 1 is 1.29 bits per heavy atom. The second-order valence-electron chi connectivity index (χ2n) is 3.84. The number of hydrogen-bond acceptors (Lipinski definition) is 2. The first-order chi connectivity index (χ1) is 8.24. The van der Waals surface area contributed by atoms with E-state index in [1.54, 1.807) is 0 Å². The molecule has 96 valence electrons. The summed E-state index contributed by atoms with van der Waals surface area (Å²) < 4.78 is 6.63. The summed E-state index contributed by atoms with van der Waals surface area (Å²) in [6.45, 7) is 4.99. The minimum Gasteiger partial charge on any atom is -0.492 e. The zero-order valence-corrected chi connectivity index (χ0v) is 12.5. The molecule has 0 spiro atoms. The SMILES string of the molecule is CCNCCCCCOc1cc(Br)ccc1Cl. The van der Waals surface area contributed by atoms with Crippen molar-refractivity contribution in [2.24, 2.45) is 0 Å². The number of unbranched alkanes of at least 4 members (excludes halogenated alkanes) is 2. The van der Waals surface area contributed by atoms with Gasteiger partial charge in [-0.3, -0.25) is 0 Å². The van der Waals surface area contributed by atoms with Crippen molar-refractivity contribution >= 4 is 27.5 Å². The van der Waals surface area contributed by atoms with E-state index >= 15 is 0 Å². The van der Waals surface area contributed by atoms with Crippen molar-refractivity contribution in [3.63, 3.8) is 0 Å². The Morgan fingerprint density at radius 3 is 2.88 bits per heavy atom. The van der Waals surface area contributed by atoms with Gasteiger partial charge < -0.3 is 10.1 Å². The molecule has 0 atom stereocenters. The first-order valence-electron chi connectivity index (χ1n) is 6.02. The summed E-state index contributed by atoms with van der Waals surface area (Å²) in [6.07, 6.45) is 3.44. The molecule has 0 fully saturated rings. The molecule has 4 heteroatoms. The summed E-state index contributed by atoms with van der Waals surface area (Å²) in [5.41, 5.74) is 0. The average Bonchev–Trinajstić information content (AvgIpc) is 2.32. The predicted octanol–water partition coefficient (Wildman–Crippen LogP) is 4.26. The smallest absolute Gasteiger partial charge is 0.139 e. The minimum atomic E-state index is 0.667. The molecule has 0 amide bonds. The van der Waals surface area contributed by atoms with Gasteiger partial charge in [-0.15, -0.1) is 0 Å².